The number of aliphatic hydroxyl groups is 1. The van der Waals surface area contributed by atoms with E-state index in [9.17, 15) is 24.6 Å². The maximum atomic E-state index is 12.2. The van der Waals surface area contributed by atoms with E-state index in [-0.39, 0.29) is 21.8 Å². The molecule has 0 radical (unpaired) electrons. The van der Waals surface area contributed by atoms with Crippen LogP contribution in [0.2, 0.25) is 0 Å². The van der Waals surface area contributed by atoms with E-state index < -0.39 is 35.3 Å². The first-order chi connectivity index (χ1) is 11.3. The van der Waals surface area contributed by atoms with Gasteiger partial charge in [0.05, 0.1) is 5.69 Å². The minimum Gasteiger partial charge on any atom is -0.477 e. The number of aliphatic hydroxyl groups excluding tert-OH is 1. The molecule has 24 heavy (non-hydrogen) atoms. The highest BCUT2D eigenvalue weighted by atomic mass is 32.2. The average molecular weight is 370 g/mol. The number of aliphatic carboxylic acids is 1. The number of nitrogen functional groups attached to an aromatic ring is 1. The van der Waals surface area contributed by atoms with E-state index in [1.165, 1.54) is 23.2 Å². The second kappa shape index (κ2) is 6.07. The van der Waals surface area contributed by atoms with E-state index in [1.54, 1.807) is 6.92 Å². The van der Waals surface area contributed by atoms with Gasteiger partial charge in [-0.2, -0.15) is 0 Å². The van der Waals surface area contributed by atoms with E-state index in [0.29, 0.717) is 0 Å². The maximum Gasteiger partial charge on any atom is 0.352 e. The quantitative estimate of drug-likeness (QED) is 0.520. The summed E-state index contributed by atoms with van der Waals surface area (Å²) in [5.41, 5.74) is 5.48. The van der Waals surface area contributed by atoms with E-state index in [2.05, 4.69) is 10.3 Å². The van der Waals surface area contributed by atoms with Crippen LogP contribution in [0.15, 0.2) is 17.2 Å². The molecule has 2 aliphatic heterocycles. The SMILES string of the molecule is CC1C=C(C(=O)O)N2C(=O)C(NC(=O)C(O)c3csc(N)n3)[C@@H]2S1. The minimum absolute atomic E-state index is 0.0884. The summed E-state index contributed by atoms with van der Waals surface area (Å²) in [7, 11) is 0. The second-order valence-corrected chi connectivity index (χ2v) is 7.68. The molecule has 2 aliphatic rings. The van der Waals surface area contributed by atoms with Gasteiger partial charge in [0, 0.05) is 10.6 Å². The zero-order valence-corrected chi connectivity index (χ0v) is 14.0. The summed E-state index contributed by atoms with van der Waals surface area (Å²) < 4.78 is 0. The molecule has 4 atom stereocenters. The summed E-state index contributed by atoms with van der Waals surface area (Å²) in [4.78, 5) is 40.5. The van der Waals surface area contributed by atoms with Crippen molar-refractivity contribution in [1.82, 2.24) is 15.2 Å². The lowest BCUT2D eigenvalue weighted by molar-refractivity contribution is -0.151. The van der Waals surface area contributed by atoms with Crippen LogP contribution in [0.25, 0.3) is 0 Å². The predicted octanol–water partition coefficient (Wildman–Crippen LogP) is -0.484. The fourth-order valence-electron chi connectivity index (χ4n) is 2.52. The molecule has 1 saturated heterocycles. The standard InChI is InChI=1S/C13H14N4O5S2/c1-4-2-6(12(21)22)17-10(20)7(11(17)24-4)16-9(19)8(18)5-3-23-13(14)15-5/h2-4,7-8,11,18H,1H3,(H2,14,15)(H,16,19)(H,21,22)/t4?,7?,8?,11-/m0/s1. The lowest BCUT2D eigenvalue weighted by Gasteiger charge is -2.49. The van der Waals surface area contributed by atoms with Crippen LogP contribution in [0, 0.1) is 0 Å². The number of nitrogens with zero attached hydrogens (tertiary/aromatic N) is 2. The number of carboxylic acids is 1. The highest BCUT2D eigenvalue weighted by Gasteiger charge is 2.54. The molecule has 0 aliphatic carbocycles. The molecule has 3 rings (SSSR count). The van der Waals surface area contributed by atoms with Gasteiger partial charge in [-0.25, -0.2) is 9.78 Å². The highest BCUT2D eigenvalue weighted by molar-refractivity contribution is 8.00. The van der Waals surface area contributed by atoms with Gasteiger partial charge in [-0.05, 0) is 13.0 Å². The Morgan fingerprint density at radius 3 is 2.79 bits per heavy atom. The van der Waals surface area contributed by atoms with Crippen molar-refractivity contribution in [2.24, 2.45) is 0 Å². The van der Waals surface area contributed by atoms with Gasteiger partial charge in [0.2, 0.25) is 0 Å². The Hall–Kier alpha value is -2.11. The number of thiazole rings is 1. The number of rotatable bonds is 4. The summed E-state index contributed by atoms with van der Waals surface area (Å²) in [5.74, 6) is -2.49. The van der Waals surface area contributed by atoms with Crippen LogP contribution in [0.5, 0.6) is 0 Å². The Morgan fingerprint density at radius 2 is 2.21 bits per heavy atom. The van der Waals surface area contributed by atoms with E-state index in [1.807, 2.05) is 0 Å². The Morgan fingerprint density at radius 1 is 1.50 bits per heavy atom. The van der Waals surface area contributed by atoms with Crippen molar-refractivity contribution in [2.45, 2.75) is 29.7 Å². The van der Waals surface area contributed by atoms with Gasteiger partial charge in [-0.15, -0.1) is 23.1 Å². The number of β-lactam (4-membered cyclic amide) rings is 1. The molecule has 0 bridgehead atoms. The van der Waals surface area contributed by atoms with Crippen LogP contribution >= 0.6 is 23.1 Å². The highest BCUT2D eigenvalue weighted by Crippen LogP contribution is 2.40. The number of anilines is 1. The Kier molecular flexibility index (Phi) is 4.24. The molecule has 128 valence electrons. The molecule has 3 unspecified atom stereocenters. The molecule has 3 heterocycles. The zero-order valence-electron chi connectivity index (χ0n) is 12.4. The van der Waals surface area contributed by atoms with Crippen LogP contribution in [-0.2, 0) is 14.4 Å². The second-order valence-electron chi connectivity index (χ2n) is 5.30. The van der Waals surface area contributed by atoms with Crippen LogP contribution in [0.1, 0.15) is 18.7 Å². The molecular weight excluding hydrogens is 356 g/mol. The molecule has 11 heteroatoms. The Bertz CT molecular complexity index is 748. The molecule has 9 nitrogen and oxygen atoms in total. The molecule has 5 N–H and O–H groups in total. The van der Waals surface area contributed by atoms with Crippen LogP contribution in [0.3, 0.4) is 0 Å². The van der Waals surface area contributed by atoms with Gasteiger partial charge in [-0.3, -0.25) is 14.5 Å². The van der Waals surface area contributed by atoms with Crippen LogP contribution in [-0.4, -0.2) is 54.5 Å². The summed E-state index contributed by atoms with van der Waals surface area (Å²) in [5, 5.41) is 22.7. The van der Waals surface area contributed by atoms with Crippen molar-refractivity contribution in [1.29, 1.82) is 0 Å². The fourth-order valence-corrected chi connectivity index (χ4v) is 4.43. The third kappa shape index (κ3) is 2.74. The molecular formula is C13H14N4O5S2. The molecule has 2 amide bonds. The number of carboxylic acid groups (broad SMARTS) is 1. The summed E-state index contributed by atoms with van der Waals surface area (Å²) in [6.07, 6.45) is -0.0484. The average Bonchev–Trinajstić information content (AvgIpc) is 2.96. The van der Waals surface area contributed by atoms with Crippen LogP contribution < -0.4 is 11.1 Å². The van der Waals surface area contributed by atoms with E-state index in [4.69, 9.17) is 5.73 Å². The van der Waals surface area contributed by atoms with Crippen molar-refractivity contribution in [3.63, 3.8) is 0 Å². The number of carbonyl (C=O) groups excluding carboxylic acids is 2. The lowest BCUT2D eigenvalue weighted by Crippen LogP contribution is -2.70. The minimum atomic E-state index is -1.54. The summed E-state index contributed by atoms with van der Waals surface area (Å²) >= 11 is 2.44. The molecule has 1 aromatic rings. The number of nitrogens with one attached hydrogen (secondary N) is 1. The smallest absolute Gasteiger partial charge is 0.352 e. The van der Waals surface area contributed by atoms with Gasteiger partial charge in [-0.1, -0.05) is 0 Å². The number of thioether (sulfide) groups is 1. The first kappa shape index (κ1) is 16.7. The van der Waals surface area contributed by atoms with Gasteiger partial charge in [0.15, 0.2) is 11.2 Å². The van der Waals surface area contributed by atoms with Gasteiger partial charge < -0.3 is 21.3 Å². The third-order valence-corrected chi connectivity index (χ3v) is 5.65. The molecule has 0 spiro atoms. The molecule has 1 fully saturated rings. The Balaban J connectivity index is 1.71. The van der Waals surface area contributed by atoms with Crippen LogP contribution in [0.4, 0.5) is 5.13 Å². The van der Waals surface area contributed by atoms with Gasteiger partial charge in [0.25, 0.3) is 11.8 Å². The number of aromatic nitrogens is 1. The largest absolute Gasteiger partial charge is 0.477 e. The normalized spacial score (nSPS) is 26.9. The maximum absolute atomic E-state index is 12.2. The number of hydrogen-bond donors (Lipinski definition) is 4. The number of carbonyl (C=O) groups is 3. The van der Waals surface area contributed by atoms with E-state index >= 15 is 0 Å². The number of fused-ring (bicyclic) bond motifs is 1. The van der Waals surface area contributed by atoms with Crippen molar-refractivity contribution >= 4 is 46.0 Å². The molecule has 0 aromatic carbocycles. The van der Waals surface area contributed by atoms with Gasteiger partial charge >= 0.3 is 5.97 Å². The zero-order chi connectivity index (χ0) is 17.6. The number of amides is 2. The van der Waals surface area contributed by atoms with Crippen molar-refractivity contribution in [2.75, 3.05) is 5.73 Å². The fraction of sp³-hybridized carbons (Fsp3) is 0.385. The monoisotopic (exact) mass is 370 g/mol. The third-order valence-electron chi connectivity index (χ3n) is 3.63. The van der Waals surface area contributed by atoms with Crippen molar-refractivity contribution in [3.8, 4) is 0 Å². The summed E-state index contributed by atoms with van der Waals surface area (Å²) in [6.45, 7) is 1.81. The first-order valence-electron chi connectivity index (χ1n) is 6.92. The van der Waals surface area contributed by atoms with Crippen molar-refractivity contribution in [3.05, 3.63) is 22.8 Å². The molecule has 0 saturated carbocycles. The summed E-state index contributed by atoms with van der Waals surface area (Å²) in [6, 6.07) is -0.890. The van der Waals surface area contributed by atoms with Gasteiger partial charge in [0.1, 0.15) is 17.1 Å². The Labute approximate surface area is 144 Å². The predicted molar refractivity (Wildman–Crippen MR) is 86.8 cm³/mol. The topological polar surface area (TPSA) is 146 Å². The first-order valence-corrected chi connectivity index (χ1v) is 8.75. The molecule has 1 aromatic heterocycles. The number of hydrogen-bond acceptors (Lipinski definition) is 8. The van der Waals surface area contributed by atoms with Crippen molar-refractivity contribution < 1.29 is 24.6 Å². The lowest BCUT2D eigenvalue weighted by atomic mass is 10.0. The number of nitrogens with two attached hydrogens (primary N) is 1. The van der Waals surface area contributed by atoms with E-state index in [0.717, 1.165) is 16.2 Å².